The molecule has 0 amide bonds. The van der Waals surface area contributed by atoms with E-state index in [2.05, 4.69) is 69.4 Å². The van der Waals surface area contributed by atoms with Gasteiger partial charge >= 0.3 is 17.9 Å². The third-order valence-corrected chi connectivity index (χ3v) is 12.8. The Balaban J connectivity index is 4.06. The zero-order valence-corrected chi connectivity index (χ0v) is 44.7. The molecule has 0 heterocycles. The van der Waals surface area contributed by atoms with Gasteiger partial charge in [0, 0.05) is 19.3 Å². The van der Waals surface area contributed by atoms with Crippen LogP contribution < -0.4 is 0 Å². The number of hydrogen-bond donors (Lipinski definition) is 0. The maximum atomic E-state index is 12.8. The van der Waals surface area contributed by atoms with Crippen LogP contribution in [-0.4, -0.2) is 37.2 Å². The van der Waals surface area contributed by atoms with Gasteiger partial charge in [0.15, 0.2) is 6.10 Å². The number of esters is 3. The summed E-state index contributed by atoms with van der Waals surface area (Å²) in [4.78, 5) is 37.9. The zero-order chi connectivity index (χ0) is 48.6. The fourth-order valence-electron chi connectivity index (χ4n) is 8.39. The van der Waals surface area contributed by atoms with Crippen LogP contribution in [0.4, 0.5) is 0 Å². The fraction of sp³-hybridized carbons (Fsp3) is 0.820. The van der Waals surface area contributed by atoms with E-state index in [1.54, 1.807) is 0 Å². The minimum Gasteiger partial charge on any atom is -0.462 e. The van der Waals surface area contributed by atoms with Crippen molar-refractivity contribution in [3.05, 3.63) is 48.6 Å². The predicted octanol–water partition coefficient (Wildman–Crippen LogP) is 19.4. The Labute approximate surface area is 416 Å². The van der Waals surface area contributed by atoms with E-state index in [4.69, 9.17) is 14.2 Å². The number of carbonyl (C=O) groups is 3. The van der Waals surface area contributed by atoms with Crippen molar-refractivity contribution in [2.75, 3.05) is 13.2 Å². The van der Waals surface area contributed by atoms with E-state index in [0.717, 1.165) is 77.0 Å². The van der Waals surface area contributed by atoms with Gasteiger partial charge in [0.05, 0.1) is 0 Å². The average molecular weight is 940 g/mol. The van der Waals surface area contributed by atoms with Crippen molar-refractivity contribution in [2.45, 2.75) is 309 Å². The van der Waals surface area contributed by atoms with Gasteiger partial charge in [0.1, 0.15) is 13.2 Å². The molecule has 6 heteroatoms. The number of allylic oxidation sites excluding steroid dienone is 8. The summed E-state index contributed by atoms with van der Waals surface area (Å²) in [7, 11) is 0. The number of unbranched alkanes of at least 4 members (excludes halogenated alkanes) is 34. The molecular formula is C61H110O6. The van der Waals surface area contributed by atoms with Crippen LogP contribution >= 0.6 is 0 Å². The summed E-state index contributed by atoms with van der Waals surface area (Å²) in [5.74, 6) is -0.878. The van der Waals surface area contributed by atoms with Crippen molar-refractivity contribution in [2.24, 2.45) is 0 Å². The van der Waals surface area contributed by atoms with Gasteiger partial charge in [0.2, 0.25) is 0 Å². The Kier molecular flexibility index (Phi) is 53.8. The average Bonchev–Trinajstić information content (AvgIpc) is 3.33. The highest BCUT2D eigenvalue weighted by atomic mass is 16.6. The third kappa shape index (κ3) is 54.2. The van der Waals surface area contributed by atoms with Crippen LogP contribution in [0.3, 0.4) is 0 Å². The maximum absolute atomic E-state index is 12.8. The summed E-state index contributed by atoms with van der Waals surface area (Å²) in [6.45, 7) is 6.59. The van der Waals surface area contributed by atoms with E-state index < -0.39 is 6.10 Å². The Morgan fingerprint density at radius 1 is 0.299 bits per heavy atom. The molecule has 0 aromatic carbocycles. The lowest BCUT2D eigenvalue weighted by molar-refractivity contribution is -0.167. The smallest absolute Gasteiger partial charge is 0.306 e. The van der Waals surface area contributed by atoms with E-state index in [0.29, 0.717) is 19.3 Å². The lowest BCUT2D eigenvalue weighted by atomic mass is 10.0. The highest BCUT2D eigenvalue weighted by Gasteiger charge is 2.19. The fourth-order valence-corrected chi connectivity index (χ4v) is 8.39. The van der Waals surface area contributed by atoms with Crippen LogP contribution in [-0.2, 0) is 28.6 Å². The Hall–Kier alpha value is -2.63. The van der Waals surface area contributed by atoms with E-state index in [-0.39, 0.29) is 31.1 Å². The molecule has 1 atom stereocenters. The van der Waals surface area contributed by atoms with Gasteiger partial charge in [-0.25, -0.2) is 0 Å². The number of rotatable bonds is 53. The molecule has 0 aliphatic heterocycles. The van der Waals surface area contributed by atoms with Gasteiger partial charge in [-0.3, -0.25) is 14.4 Å². The molecule has 67 heavy (non-hydrogen) atoms. The second-order valence-electron chi connectivity index (χ2n) is 19.6. The van der Waals surface area contributed by atoms with Gasteiger partial charge in [0.25, 0.3) is 0 Å². The van der Waals surface area contributed by atoms with Crippen molar-refractivity contribution < 1.29 is 28.6 Å². The maximum Gasteiger partial charge on any atom is 0.306 e. The number of carbonyl (C=O) groups excluding carboxylic acids is 3. The first-order valence-electron chi connectivity index (χ1n) is 29.1. The van der Waals surface area contributed by atoms with E-state index in [9.17, 15) is 14.4 Å². The first-order valence-corrected chi connectivity index (χ1v) is 29.1. The van der Waals surface area contributed by atoms with Crippen LogP contribution in [0.5, 0.6) is 0 Å². The van der Waals surface area contributed by atoms with Crippen molar-refractivity contribution >= 4 is 17.9 Å². The van der Waals surface area contributed by atoms with Crippen LogP contribution in [0.25, 0.3) is 0 Å². The molecule has 0 saturated heterocycles. The molecule has 0 radical (unpaired) electrons. The van der Waals surface area contributed by atoms with E-state index in [1.807, 2.05) is 0 Å². The molecule has 1 unspecified atom stereocenters. The summed E-state index contributed by atoms with van der Waals surface area (Å²) in [5.41, 5.74) is 0. The van der Waals surface area contributed by atoms with Crippen LogP contribution in [0.2, 0.25) is 0 Å². The molecule has 0 aliphatic rings. The van der Waals surface area contributed by atoms with Gasteiger partial charge in [-0.2, -0.15) is 0 Å². The molecule has 0 bridgehead atoms. The van der Waals surface area contributed by atoms with Crippen LogP contribution in [0, 0.1) is 0 Å². The molecular weight excluding hydrogens is 829 g/mol. The number of ether oxygens (including phenoxy) is 3. The number of hydrogen-bond acceptors (Lipinski definition) is 6. The lowest BCUT2D eigenvalue weighted by Crippen LogP contribution is -2.30. The summed E-state index contributed by atoms with van der Waals surface area (Å²) < 4.78 is 16.8. The summed E-state index contributed by atoms with van der Waals surface area (Å²) in [5, 5.41) is 0. The van der Waals surface area contributed by atoms with Gasteiger partial charge in [-0.1, -0.05) is 249 Å². The normalized spacial score (nSPS) is 12.3. The molecule has 6 nitrogen and oxygen atoms in total. The molecule has 0 rings (SSSR count). The lowest BCUT2D eigenvalue weighted by Gasteiger charge is -2.18. The van der Waals surface area contributed by atoms with E-state index >= 15 is 0 Å². The Morgan fingerprint density at radius 2 is 0.537 bits per heavy atom. The van der Waals surface area contributed by atoms with Gasteiger partial charge < -0.3 is 14.2 Å². The van der Waals surface area contributed by atoms with E-state index in [1.165, 1.54) is 186 Å². The summed E-state index contributed by atoms with van der Waals surface area (Å²) >= 11 is 0. The molecule has 0 N–H and O–H groups in total. The molecule has 0 aromatic rings. The second kappa shape index (κ2) is 56.0. The summed E-state index contributed by atoms with van der Waals surface area (Å²) in [6, 6.07) is 0. The highest BCUT2D eigenvalue weighted by Crippen LogP contribution is 2.16. The van der Waals surface area contributed by atoms with Crippen molar-refractivity contribution in [1.29, 1.82) is 0 Å². The van der Waals surface area contributed by atoms with Crippen LogP contribution in [0.15, 0.2) is 48.6 Å². The molecule has 0 spiro atoms. The Bertz CT molecular complexity index is 1170. The Morgan fingerprint density at radius 3 is 0.881 bits per heavy atom. The monoisotopic (exact) mass is 939 g/mol. The minimum absolute atomic E-state index is 0.0738. The zero-order valence-electron chi connectivity index (χ0n) is 44.7. The van der Waals surface area contributed by atoms with Crippen molar-refractivity contribution in [3.63, 3.8) is 0 Å². The van der Waals surface area contributed by atoms with Gasteiger partial charge in [-0.15, -0.1) is 0 Å². The predicted molar refractivity (Wildman–Crippen MR) is 289 cm³/mol. The molecule has 0 aliphatic carbocycles. The SMILES string of the molecule is CCCCC/C=C\CCCCCCCC(=O)OC(COC(=O)CCCCCCCCCC)COC(=O)CCCCCCCCCCCCCCCC/C=C\C/C=C\C/C=C\CCCCCCC. The minimum atomic E-state index is -0.772. The quantitative estimate of drug-likeness (QED) is 0.0262. The van der Waals surface area contributed by atoms with Crippen molar-refractivity contribution in [3.8, 4) is 0 Å². The molecule has 390 valence electrons. The second-order valence-corrected chi connectivity index (χ2v) is 19.6. The molecule has 0 aromatic heterocycles. The first-order chi connectivity index (χ1) is 33.0. The molecule has 0 saturated carbocycles. The highest BCUT2D eigenvalue weighted by molar-refractivity contribution is 5.71. The topological polar surface area (TPSA) is 78.9 Å². The van der Waals surface area contributed by atoms with Crippen LogP contribution in [0.1, 0.15) is 303 Å². The first kappa shape index (κ1) is 64.4. The largest absolute Gasteiger partial charge is 0.462 e. The van der Waals surface area contributed by atoms with Gasteiger partial charge in [-0.05, 0) is 83.5 Å². The van der Waals surface area contributed by atoms with Crippen molar-refractivity contribution in [1.82, 2.24) is 0 Å². The summed E-state index contributed by atoms with van der Waals surface area (Å²) in [6.07, 6.45) is 68.5. The third-order valence-electron chi connectivity index (χ3n) is 12.8. The standard InChI is InChI=1S/C61H110O6/c1-4-7-10-13-16-19-21-23-24-25-26-27-28-29-30-31-32-33-34-35-36-37-38-39-41-42-45-48-51-54-60(63)66-57-58(56-65-59(62)53-50-47-44-18-15-12-9-6-3)67-61(64)55-52-49-46-43-40-22-20-17-14-11-8-5-2/h17,20-21,23,25-26,28-29,58H,4-16,18-19,22,24,27,30-57H2,1-3H3/b20-17-,23-21-,26-25-,29-28-. The molecule has 0 fully saturated rings.